The van der Waals surface area contributed by atoms with Crippen molar-refractivity contribution in [1.82, 2.24) is 9.62 Å². The fraction of sp³-hybridized carbons (Fsp3) is 0.519. The van der Waals surface area contributed by atoms with Gasteiger partial charge in [0.05, 0.1) is 36.2 Å². The van der Waals surface area contributed by atoms with Crippen LogP contribution in [0.25, 0.3) is 0 Å². The molecule has 210 valence electrons. The maximum absolute atomic E-state index is 13.5. The van der Waals surface area contributed by atoms with E-state index in [1.807, 2.05) is 44.2 Å². The van der Waals surface area contributed by atoms with Crippen LogP contribution in [0.5, 0.6) is 0 Å². The van der Waals surface area contributed by atoms with Gasteiger partial charge in [-0.1, -0.05) is 44.2 Å². The quantitative estimate of drug-likeness (QED) is 0.274. The summed E-state index contributed by atoms with van der Waals surface area (Å²) in [6.45, 7) is 4.58. The molecule has 39 heavy (non-hydrogen) atoms. The SMILES string of the molecule is CC(C)CN(CC(O)C(Cc1ccccc1)NC(=O)O[C@H]1CO[C@H]2OCC[C@H]21)S(=O)(=O)c1ccc(N)cc1.[NaH]. The molecule has 2 aromatic rings. The van der Waals surface area contributed by atoms with E-state index in [2.05, 4.69) is 5.32 Å². The number of alkyl carbamates (subject to hydrolysis) is 1. The van der Waals surface area contributed by atoms with E-state index in [1.54, 1.807) is 0 Å². The van der Waals surface area contributed by atoms with Gasteiger partial charge in [0.25, 0.3) is 0 Å². The molecule has 0 radical (unpaired) electrons. The predicted octanol–water partition coefficient (Wildman–Crippen LogP) is 1.73. The van der Waals surface area contributed by atoms with Crippen molar-refractivity contribution in [2.75, 3.05) is 32.0 Å². The van der Waals surface area contributed by atoms with Gasteiger partial charge in [0, 0.05) is 18.8 Å². The first-order valence-corrected chi connectivity index (χ1v) is 14.4. The van der Waals surface area contributed by atoms with Crippen LogP contribution in [-0.4, -0.2) is 104 Å². The molecule has 10 nitrogen and oxygen atoms in total. The van der Waals surface area contributed by atoms with Crippen LogP contribution in [0, 0.1) is 11.8 Å². The molecule has 2 fully saturated rings. The van der Waals surface area contributed by atoms with E-state index in [4.69, 9.17) is 19.9 Å². The van der Waals surface area contributed by atoms with Crippen molar-refractivity contribution in [2.45, 2.75) is 56.1 Å². The maximum atomic E-state index is 13.5. The summed E-state index contributed by atoms with van der Waals surface area (Å²) in [6.07, 6.45) is -1.69. The van der Waals surface area contributed by atoms with Crippen molar-refractivity contribution in [2.24, 2.45) is 11.8 Å². The molecular formula is C27H38N3NaO7S. The summed E-state index contributed by atoms with van der Waals surface area (Å²) in [5.74, 6) is -0.0231. The molecule has 0 spiro atoms. The summed E-state index contributed by atoms with van der Waals surface area (Å²) in [7, 11) is -3.93. The fourth-order valence-electron chi connectivity index (χ4n) is 4.82. The van der Waals surface area contributed by atoms with Gasteiger partial charge in [0.1, 0.15) is 6.10 Å². The Bertz CT molecular complexity index is 1170. The topological polar surface area (TPSA) is 140 Å². The second-order valence-corrected chi connectivity index (χ2v) is 12.2. The number of anilines is 1. The second-order valence-electron chi connectivity index (χ2n) is 10.3. The number of benzene rings is 2. The van der Waals surface area contributed by atoms with E-state index < -0.39 is 34.4 Å². The van der Waals surface area contributed by atoms with E-state index in [0.717, 1.165) is 12.0 Å². The average Bonchev–Trinajstić information content (AvgIpc) is 3.49. The molecule has 0 aliphatic carbocycles. The van der Waals surface area contributed by atoms with Crippen molar-refractivity contribution >= 4 is 51.4 Å². The van der Waals surface area contributed by atoms with Gasteiger partial charge in [-0.15, -0.1) is 0 Å². The Balaban J connectivity index is 0.00000420. The van der Waals surface area contributed by atoms with Crippen LogP contribution in [0.1, 0.15) is 25.8 Å². The number of nitrogens with zero attached hydrogens (tertiary/aromatic N) is 1. The molecule has 4 rings (SSSR count). The monoisotopic (exact) mass is 571 g/mol. The third-order valence-electron chi connectivity index (χ3n) is 6.79. The third kappa shape index (κ3) is 8.40. The Morgan fingerprint density at radius 1 is 1.13 bits per heavy atom. The number of ether oxygens (including phenoxy) is 3. The average molecular weight is 572 g/mol. The molecule has 12 heteroatoms. The fourth-order valence-corrected chi connectivity index (χ4v) is 6.45. The van der Waals surface area contributed by atoms with Crippen molar-refractivity contribution in [3.63, 3.8) is 0 Å². The number of amides is 1. The molecule has 2 saturated heterocycles. The van der Waals surface area contributed by atoms with Gasteiger partial charge in [-0.25, -0.2) is 13.2 Å². The summed E-state index contributed by atoms with van der Waals surface area (Å²) in [4.78, 5) is 13.0. The zero-order valence-electron chi connectivity index (χ0n) is 21.7. The molecule has 2 aromatic carbocycles. The zero-order valence-corrected chi connectivity index (χ0v) is 22.5. The van der Waals surface area contributed by atoms with Gasteiger partial charge in [0.2, 0.25) is 10.0 Å². The Morgan fingerprint density at radius 2 is 1.82 bits per heavy atom. The summed E-state index contributed by atoms with van der Waals surface area (Å²) in [5, 5.41) is 14.1. The number of rotatable bonds is 11. The van der Waals surface area contributed by atoms with Gasteiger partial charge in [0.15, 0.2) is 6.29 Å². The normalized spacial score (nSPS) is 22.2. The minimum absolute atomic E-state index is 0. The van der Waals surface area contributed by atoms with Crippen LogP contribution in [0.2, 0.25) is 0 Å². The zero-order chi connectivity index (χ0) is 27.3. The molecule has 0 aromatic heterocycles. The number of nitrogen functional groups attached to an aromatic ring is 1. The molecule has 2 aliphatic rings. The molecular weight excluding hydrogens is 533 g/mol. The second kappa shape index (κ2) is 14.3. The van der Waals surface area contributed by atoms with Crippen LogP contribution in [0.3, 0.4) is 0 Å². The van der Waals surface area contributed by atoms with E-state index in [-0.39, 0.29) is 78.7 Å². The van der Waals surface area contributed by atoms with Gasteiger partial charge < -0.3 is 30.4 Å². The van der Waals surface area contributed by atoms with Crippen molar-refractivity contribution in [1.29, 1.82) is 0 Å². The molecule has 5 atom stereocenters. The molecule has 2 aliphatic heterocycles. The third-order valence-corrected chi connectivity index (χ3v) is 8.63. The number of hydrogen-bond acceptors (Lipinski definition) is 8. The number of aliphatic hydroxyl groups excluding tert-OH is 1. The van der Waals surface area contributed by atoms with Crippen LogP contribution >= 0.6 is 0 Å². The van der Waals surface area contributed by atoms with Gasteiger partial charge in [-0.3, -0.25) is 0 Å². The summed E-state index contributed by atoms with van der Waals surface area (Å²) >= 11 is 0. The molecule has 0 bridgehead atoms. The van der Waals surface area contributed by atoms with Crippen LogP contribution in [0.4, 0.5) is 10.5 Å². The number of carbonyl (C=O) groups is 1. The predicted molar refractivity (Wildman–Crippen MR) is 149 cm³/mol. The first kappa shape index (κ1) is 31.8. The van der Waals surface area contributed by atoms with E-state index in [9.17, 15) is 18.3 Å². The summed E-state index contributed by atoms with van der Waals surface area (Å²) in [6, 6.07) is 14.5. The standard InChI is InChI=1S/C27H37N3O7S.Na.H/c1-18(2)15-30(38(33,34)21-10-8-20(28)9-11-21)16-24(31)23(14-19-6-4-3-5-7-19)29-27(32)37-25-17-36-26-22(25)12-13-35-26;;/h3-11,18,22-26,31H,12-17,28H2,1-2H3,(H,29,32);;/t22-,23?,24?,25-,26+;;/m0../s1. The van der Waals surface area contributed by atoms with Crippen molar-refractivity contribution in [3.8, 4) is 0 Å². The van der Waals surface area contributed by atoms with Gasteiger partial charge in [-0.2, -0.15) is 4.31 Å². The van der Waals surface area contributed by atoms with Gasteiger partial charge >= 0.3 is 35.7 Å². The first-order valence-electron chi connectivity index (χ1n) is 12.9. The van der Waals surface area contributed by atoms with E-state index >= 15 is 0 Å². The molecule has 1 amide bonds. The first-order chi connectivity index (χ1) is 18.1. The number of carbonyl (C=O) groups excluding carboxylic acids is 1. The Kier molecular flexibility index (Phi) is 11.6. The Hall–Kier alpha value is -1.70. The number of nitrogens with one attached hydrogen (secondary N) is 1. The number of fused-ring (bicyclic) bond motifs is 1. The van der Waals surface area contributed by atoms with Crippen LogP contribution < -0.4 is 11.1 Å². The molecule has 2 unspecified atom stereocenters. The van der Waals surface area contributed by atoms with Crippen molar-refractivity contribution < 1.29 is 32.5 Å². The number of aliphatic hydroxyl groups is 1. The number of sulfonamides is 1. The Morgan fingerprint density at radius 3 is 2.49 bits per heavy atom. The van der Waals surface area contributed by atoms with E-state index in [0.29, 0.717) is 12.3 Å². The van der Waals surface area contributed by atoms with Crippen molar-refractivity contribution in [3.05, 3.63) is 60.2 Å². The minimum atomic E-state index is -3.93. The summed E-state index contributed by atoms with van der Waals surface area (Å²) < 4.78 is 44.9. The molecule has 2 heterocycles. The number of nitrogens with two attached hydrogens (primary N) is 1. The summed E-state index contributed by atoms with van der Waals surface area (Å²) in [5.41, 5.74) is 7.07. The van der Waals surface area contributed by atoms with E-state index in [1.165, 1.54) is 28.6 Å². The molecule has 4 N–H and O–H groups in total. The number of hydrogen-bond donors (Lipinski definition) is 3. The molecule has 0 saturated carbocycles. The van der Waals surface area contributed by atoms with Gasteiger partial charge in [-0.05, 0) is 48.6 Å². The Labute approximate surface area is 252 Å². The van der Waals surface area contributed by atoms with Crippen LogP contribution in [-0.2, 0) is 30.7 Å². The van der Waals surface area contributed by atoms with Crippen LogP contribution in [0.15, 0.2) is 59.5 Å².